The fourth-order valence-corrected chi connectivity index (χ4v) is 6.27. The van der Waals surface area contributed by atoms with Crippen molar-refractivity contribution in [1.82, 2.24) is 14.3 Å². The first-order valence-corrected chi connectivity index (χ1v) is 13.1. The molecule has 0 bridgehead atoms. The number of carbonyl (C=O) groups excluding carboxylic acids is 1. The summed E-state index contributed by atoms with van der Waals surface area (Å²) in [6, 6.07) is 14.8. The van der Waals surface area contributed by atoms with Gasteiger partial charge in [-0.2, -0.15) is 8.70 Å². The Balaban J connectivity index is 1.39. The van der Waals surface area contributed by atoms with Crippen molar-refractivity contribution in [3.05, 3.63) is 77.5 Å². The molecule has 2 aromatic carbocycles. The molecule has 37 heavy (non-hydrogen) atoms. The first kappa shape index (κ1) is 25.2. The van der Waals surface area contributed by atoms with Crippen LogP contribution in [-0.2, 0) is 14.8 Å². The number of amides is 1. The number of benzene rings is 2. The van der Waals surface area contributed by atoms with Crippen LogP contribution in [0.15, 0.2) is 65.7 Å². The van der Waals surface area contributed by atoms with Gasteiger partial charge in [0.15, 0.2) is 0 Å². The number of para-hydroxylation sites is 1. The fraction of sp³-hybridized carbons (Fsp3) is 0.200. The van der Waals surface area contributed by atoms with Gasteiger partial charge in [0.1, 0.15) is 29.0 Å². The molecule has 0 saturated carbocycles. The number of carbonyl (C=O) groups is 1. The molecular weight excluding hydrogens is 523 g/mol. The summed E-state index contributed by atoms with van der Waals surface area (Å²) in [5.74, 6) is -1.13. The lowest BCUT2D eigenvalue weighted by Crippen LogP contribution is -2.47. The van der Waals surface area contributed by atoms with Crippen molar-refractivity contribution in [2.75, 3.05) is 26.3 Å². The number of pyridine rings is 1. The number of hydrogen-bond acceptors (Lipinski definition) is 6. The van der Waals surface area contributed by atoms with Gasteiger partial charge in [-0.15, -0.1) is 0 Å². The van der Waals surface area contributed by atoms with Crippen molar-refractivity contribution in [3.63, 3.8) is 0 Å². The number of nitrogens with two attached hydrogens (primary N) is 1. The van der Waals surface area contributed by atoms with Crippen LogP contribution in [0.3, 0.4) is 0 Å². The van der Waals surface area contributed by atoms with Gasteiger partial charge in [0, 0.05) is 46.3 Å². The molecule has 0 aliphatic carbocycles. The highest BCUT2D eigenvalue weighted by Gasteiger charge is 2.36. The van der Waals surface area contributed by atoms with Gasteiger partial charge >= 0.3 is 0 Å². The molecule has 1 fully saturated rings. The topological polar surface area (TPSA) is 128 Å². The first-order chi connectivity index (χ1) is 17.8. The van der Waals surface area contributed by atoms with Crippen molar-refractivity contribution in [3.8, 4) is 16.9 Å². The van der Waals surface area contributed by atoms with Crippen molar-refractivity contribution < 1.29 is 27.1 Å². The highest BCUT2D eigenvalue weighted by molar-refractivity contribution is 7.89. The molecule has 1 aliphatic rings. The maximum atomic E-state index is 14.3. The Morgan fingerprint density at radius 2 is 2.00 bits per heavy atom. The number of aromatic amines is 1. The first-order valence-electron chi connectivity index (χ1n) is 11.3. The Hall–Kier alpha value is -3.51. The van der Waals surface area contributed by atoms with Crippen LogP contribution in [0.2, 0.25) is 5.02 Å². The number of rotatable bonds is 7. The van der Waals surface area contributed by atoms with Gasteiger partial charge in [0.2, 0.25) is 16.0 Å². The van der Waals surface area contributed by atoms with Gasteiger partial charge in [-0.3, -0.25) is 4.79 Å². The van der Waals surface area contributed by atoms with E-state index in [1.807, 2.05) is 0 Å². The summed E-state index contributed by atoms with van der Waals surface area (Å²) >= 11 is 6.10. The van der Waals surface area contributed by atoms with Crippen molar-refractivity contribution in [2.45, 2.75) is 11.0 Å². The molecule has 9 nitrogen and oxygen atoms in total. The third-order valence-corrected chi connectivity index (χ3v) is 8.21. The van der Waals surface area contributed by atoms with Crippen LogP contribution in [-0.4, -0.2) is 61.0 Å². The minimum atomic E-state index is -4.16. The van der Waals surface area contributed by atoms with Crippen molar-refractivity contribution in [1.29, 1.82) is 0 Å². The number of hydrogen-bond donors (Lipinski definition) is 2. The van der Waals surface area contributed by atoms with Gasteiger partial charge in [-0.1, -0.05) is 29.8 Å². The van der Waals surface area contributed by atoms with Crippen LogP contribution in [0.5, 0.6) is 5.75 Å². The SMILES string of the molecule is NC(=O)c1[nH]c2ccc(Cl)cc2c1S(=O)(=O)N1CCOC(COc2ccccc2-c2cccnc2F)C1. The van der Waals surface area contributed by atoms with E-state index in [2.05, 4.69) is 9.97 Å². The average Bonchev–Trinajstić information content (AvgIpc) is 3.28. The summed E-state index contributed by atoms with van der Waals surface area (Å²) in [5, 5.41) is 0.587. The third-order valence-electron chi connectivity index (χ3n) is 6.02. The Kier molecular flexibility index (Phi) is 6.86. The maximum Gasteiger partial charge on any atom is 0.266 e. The summed E-state index contributed by atoms with van der Waals surface area (Å²) in [6.45, 7) is 0.160. The largest absolute Gasteiger partial charge is 0.490 e. The normalized spacial score (nSPS) is 16.6. The molecule has 0 spiro atoms. The lowest BCUT2D eigenvalue weighted by molar-refractivity contribution is -0.0248. The summed E-state index contributed by atoms with van der Waals surface area (Å²) in [7, 11) is -4.16. The molecular formula is C25H22ClFN4O5S. The monoisotopic (exact) mass is 544 g/mol. The number of morpholine rings is 1. The second-order valence-corrected chi connectivity index (χ2v) is 10.7. The molecule has 192 valence electrons. The lowest BCUT2D eigenvalue weighted by Gasteiger charge is -2.32. The van der Waals surface area contributed by atoms with Gasteiger partial charge in [-0.05, 0) is 36.4 Å². The summed E-state index contributed by atoms with van der Waals surface area (Å²) in [4.78, 5) is 18.4. The second-order valence-electron chi connectivity index (χ2n) is 8.39. The molecule has 1 unspecified atom stereocenters. The van der Waals surface area contributed by atoms with Crippen LogP contribution in [0.4, 0.5) is 4.39 Å². The fourth-order valence-electron chi connectivity index (χ4n) is 4.31. The van der Waals surface area contributed by atoms with Gasteiger partial charge in [0.25, 0.3) is 5.91 Å². The van der Waals surface area contributed by atoms with Crippen molar-refractivity contribution in [2.24, 2.45) is 5.73 Å². The molecule has 1 amide bonds. The molecule has 4 aromatic rings. The average molecular weight is 545 g/mol. The molecule has 0 radical (unpaired) electrons. The molecule has 5 rings (SSSR count). The second kappa shape index (κ2) is 10.1. The Labute approximate surface area is 217 Å². The Morgan fingerprint density at radius 3 is 2.78 bits per heavy atom. The number of sulfonamides is 1. The van der Waals surface area contributed by atoms with Crippen molar-refractivity contribution >= 4 is 38.4 Å². The van der Waals surface area contributed by atoms with E-state index in [0.717, 1.165) is 0 Å². The van der Waals surface area contributed by atoms with Gasteiger partial charge in [-0.25, -0.2) is 13.4 Å². The van der Waals surface area contributed by atoms with E-state index in [-0.39, 0.29) is 47.8 Å². The van der Waals surface area contributed by atoms with Gasteiger partial charge in [0.05, 0.1) is 6.61 Å². The summed E-state index contributed by atoms with van der Waals surface area (Å²) in [5.41, 5.74) is 6.49. The van der Waals surface area contributed by atoms with Crippen LogP contribution in [0, 0.1) is 5.95 Å². The standard InChI is InChI=1S/C25H22ClFN4O5S/c26-15-7-8-20-19(12-15)23(22(30-20)25(28)32)37(33,34)31-10-11-35-16(13-31)14-36-21-6-2-1-4-17(21)18-5-3-9-29-24(18)27/h1-9,12,16,30H,10-11,13-14H2,(H2,28,32). The number of primary amides is 1. The number of H-pyrrole nitrogens is 1. The molecule has 1 aliphatic heterocycles. The lowest BCUT2D eigenvalue weighted by atomic mass is 10.1. The third kappa shape index (κ3) is 4.90. The minimum Gasteiger partial charge on any atom is -0.490 e. The summed E-state index contributed by atoms with van der Waals surface area (Å²) in [6.07, 6.45) is 0.736. The zero-order valence-electron chi connectivity index (χ0n) is 19.4. The van der Waals surface area contributed by atoms with Crippen LogP contribution < -0.4 is 10.5 Å². The molecule has 2 aromatic heterocycles. The highest BCUT2D eigenvalue weighted by atomic mass is 35.5. The van der Waals surface area contributed by atoms with E-state index in [0.29, 0.717) is 21.9 Å². The van der Waals surface area contributed by atoms with Crippen LogP contribution in [0.25, 0.3) is 22.0 Å². The number of nitrogens with zero attached hydrogens (tertiary/aromatic N) is 2. The number of nitrogens with one attached hydrogen (secondary N) is 1. The van der Waals surface area contributed by atoms with E-state index >= 15 is 0 Å². The molecule has 3 heterocycles. The maximum absolute atomic E-state index is 14.3. The Bertz CT molecular complexity index is 1590. The van der Waals surface area contributed by atoms with E-state index in [9.17, 15) is 17.6 Å². The quantitative estimate of drug-likeness (QED) is 0.342. The predicted molar refractivity (Wildman–Crippen MR) is 135 cm³/mol. The zero-order chi connectivity index (χ0) is 26.2. The number of halogens is 2. The minimum absolute atomic E-state index is 0.00725. The predicted octanol–water partition coefficient (Wildman–Crippen LogP) is 3.59. The van der Waals surface area contributed by atoms with E-state index in [1.165, 1.54) is 16.6 Å². The molecule has 1 atom stereocenters. The smallest absolute Gasteiger partial charge is 0.266 e. The van der Waals surface area contributed by atoms with E-state index in [4.69, 9.17) is 26.8 Å². The summed E-state index contributed by atoms with van der Waals surface area (Å²) < 4.78 is 54.6. The van der Waals surface area contributed by atoms with Gasteiger partial charge < -0.3 is 20.2 Å². The Morgan fingerprint density at radius 1 is 1.22 bits per heavy atom. The number of fused-ring (bicyclic) bond motifs is 1. The molecule has 3 N–H and O–H groups in total. The highest BCUT2D eigenvalue weighted by Crippen LogP contribution is 2.33. The van der Waals surface area contributed by atoms with E-state index < -0.39 is 28.0 Å². The zero-order valence-corrected chi connectivity index (χ0v) is 20.9. The van der Waals surface area contributed by atoms with Crippen LogP contribution in [0.1, 0.15) is 10.5 Å². The molecule has 12 heteroatoms. The number of aromatic nitrogens is 2. The molecule has 1 saturated heterocycles. The van der Waals surface area contributed by atoms with Crippen LogP contribution >= 0.6 is 11.6 Å². The van der Waals surface area contributed by atoms with E-state index in [1.54, 1.807) is 48.5 Å². The number of ether oxygens (including phenoxy) is 2.